The molecule has 1 saturated carbocycles. The quantitative estimate of drug-likeness (QED) is 0.876. The van der Waals surface area contributed by atoms with Crippen molar-refractivity contribution in [1.29, 1.82) is 0 Å². The number of rotatable bonds is 6. The summed E-state index contributed by atoms with van der Waals surface area (Å²) in [6.07, 6.45) is 4.29. The molecule has 1 aromatic carbocycles. The number of nitrogens with one attached hydrogen (secondary N) is 1. The van der Waals surface area contributed by atoms with Gasteiger partial charge in [-0.05, 0) is 44.7 Å². The second kappa shape index (κ2) is 7.31. The molecule has 0 unspecified atom stereocenters. The van der Waals surface area contributed by atoms with Gasteiger partial charge >= 0.3 is 0 Å². The van der Waals surface area contributed by atoms with Crippen LogP contribution < -0.4 is 14.8 Å². The topological polar surface area (TPSA) is 56.8 Å². The number of hydrogen-bond acceptors (Lipinski definition) is 4. The molecule has 0 aliphatic heterocycles. The SMILES string of the molecule is COc1ccc(NC(=O)[C@@H](C)OC)cc1OC1CCCC1. The van der Waals surface area contributed by atoms with Crippen molar-refractivity contribution in [3.63, 3.8) is 0 Å². The van der Waals surface area contributed by atoms with Gasteiger partial charge in [-0.1, -0.05) is 0 Å². The van der Waals surface area contributed by atoms with Crippen LogP contribution in [0.1, 0.15) is 32.6 Å². The number of carbonyl (C=O) groups excluding carboxylic acids is 1. The molecule has 0 heterocycles. The molecule has 21 heavy (non-hydrogen) atoms. The van der Waals surface area contributed by atoms with Gasteiger partial charge in [0.25, 0.3) is 5.91 Å². The monoisotopic (exact) mass is 293 g/mol. The smallest absolute Gasteiger partial charge is 0.253 e. The van der Waals surface area contributed by atoms with E-state index in [1.54, 1.807) is 32.2 Å². The highest BCUT2D eigenvalue weighted by atomic mass is 16.5. The summed E-state index contributed by atoms with van der Waals surface area (Å²) in [7, 11) is 3.12. The van der Waals surface area contributed by atoms with Crippen LogP contribution >= 0.6 is 0 Å². The van der Waals surface area contributed by atoms with Crippen LogP contribution in [0.3, 0.4) is 0 Å². The Labute approximate surface area is 125 Å². The molecule has 1 aromatic rings. The Hall–Kier alpha value is -1.75. The van der Waals surface area contributed by atoms with Crippen molar-refractivity contribution in [2.75, 3.05) is 19.5 Å². The van der Waals surface area contributed by atoms with Crippen LogP contribution in [0.4, 0.5) is 5.69 Å². The van der Waals surface area contributed by atoms with E-state index in [2.05, 4.69) is 5.32 Å². The predicted octanol–water partition coefficient (Wildman–Crippen LogP) is 2.99. The summed E-state index contributed by atoms with van der Waals surface area (Å²) in [5.74, 6) is 1.17. The van der Waals surface area contributed by atoms with Gasteiger partial charge in [0.2, 0.25) is 0 Å². The summed E-state index contributed by atoms with van der Waals surface area (Å²) >= 11 is 0. The van der Waals surface area contributed by atoms with Crippen molar-refractivity contribution in [2.24, 2.45) is 0 Å². The second-order valence-corrected chi connectivity index (χ2v) is 5.26. The molecule has 1 atom stereocenters. The summed E-state index contributed by atoms with van der Waals surface area (Å²) < 4.78 is 16.3. The number of anilines is 1. The molecular weight excluding hydrogens is 270 g/mol. The van der Waals surface area contributed by atoms with Crippen LogP contribution in [0.2, 0.25) is 0 Å². The van der Waals surface area contributed by atoms with Gasteiger partial charge in [-0.25, -0.2) is 0 Å². The Balaban J connectivity index is 2.10. The average molecular weight is 293 g/mol. The molecule has 116 valence electrons. The van der Waals surface area contributed by atoms with Crippen LogP contribution in [-0.4, -0.2) is 32.3 Å². The normalized spacial score (nSPS) is 16.5. The van der Waals surface area contributed by atoms with Gasteiger partial charge in [0.05, 0.1) is 13.2 Å². The molecule has 1 aliphatic rings. The average Bonchev–Trinajstić information content (AvgIpc) is 2.99. The first-order valence-corrected chi connectivity index (χ1v) is 7.32. The Morgan fingerprint density at radius 3 is 2.57 bits per heavy atom. The Morgan fingerprint density at radius 2 is 1.95 bits per heavy atom. The van der Waals surface area contributed by atoms with E-state index >= 15 is 0 Å². The van der Waals surface area contributed by atoms with Crippen molar-refractivity contribution in [3.8, 4) is 11.5 Å². The van der Waals surface area contributed by atoms with Gasteiger partial charge < -0.3 is 19.5 Å². The molecule has 2 rings (SSSR count). The second-order valence-electron chi connectivity index (χ2n) is 5.26. The van der Waals surface area contributed by atoms with E-state index < -0.39 is 6.10 Å². The lowest BCUT2D eigenvalue weighted by molar-refractivity contribution is -0.124. The van der Waals surface area contributed by atoms with E-state index in [4.69, 9.17) is 14.2 Å². The van der Waals surface area contributed by atoms with E-state index in [9.17, 15) is 4.79 Å². The number of carbonyl (C=O) groups is 1. The summed E-state index contributed by atoms with van der Waals surface area (Å²) in [5.41, 5.74) is 0.678. The van der Waals surface area contributed by atoms with Crippen molar-refractivity contribution in [1.82, 2.24) is 0 Å². The molecule has 1 N–H and O–H groups in total. The van der Waals surface area contributed by atoms with E-state index in [0.29, 0.717) is 17.2 Å². The van der Waals surface area contributed by atoms with Crippen molar-refractivity contribution >= 4 is 11.6 Å². The Kier molecular flexibility index (Phi) is 5.44. The third kappa shape index (κ3) is 4.11. The zero-order chi connectivity index (χ0) is 15.2. The minimum absolute atomic E-state index is 0.186. The fourth-order valence-corrected chi connectivity index (χ4v) is 2.38. The van der Waals surface area contributed by atoms with Gasteiger partial charge in [-0.2, -0.15) is 0 Å². The molecule has 0 spiro atoms. The van der Waals surface area contributed by atoms with Crippen molar-refractivity contribution in [3.05, 3.63) is 18.2 Å². The fraction of sp³-hybridized carbons (Fsp3) is 0.562. The summed E-state index contributed by atoms with van der Waals surface area (Å²) in [6.45, 7) is 1.70. The number of ether oxygens (including phenoxy) is 3. The van der Waals surface area contributed by atoms with Gasteiger partial charge in [-0.3, -0.25) is 4.79 Å². The summed E-state index contributed by atoms with van der Waals surface area (Å²) in [6, 6.07) is 5.40. The zero-order valence-corrected chi connectivity index (χ0v) is 12.8. The first kappa shape index (κ1) is 15.6. The molecule has 1 aliphatic carbocycles. The van der Waals surface area contributed by atoms with Gasteiger partial charge in [0, 0.05) is 18.9 Å². The van der Waals surface area contributed by atoms with E-state index in [1.165, 1.54) is 20.0 Å². The van der Waals surface area contributed by atoms with E-state index in [1.807, 2.05) is 0 Å². The van der Waals surface area contributed by atoms with E-state index in [-0.39, 0.29) is 12.0 Å². The maximum absolute atomic E-state index is 11.8. The molecule has 0 saturated heterocycles. The Bertz CT molecular complexity index is 483. The molecule has 1 amide bonds. The zero-order valence-electron chi connectivity index (χ0n) is 12.8. The van der Waals surface area contributed by atoms with E-state index in [0.717, 1.165) is 12.8 Å². The molecule has 1 fully saturated rings. The van der Waals surface area contributed by atoms with Gasteiger partial charge in [0.15, 0.2) is 11.5 Å². The highest BCUT2D eigenvalue weighted by Crippen LogP contribution is 2.33. The lowest BCUT2D eigenvalue weighted by Gasteiger charge is -2.17. The van der Waals surface area contributed by atoms with Crippen LogP contribution in [0.15, 0.2) is 18.2 Å². The first-order valence-electron chi connectivity index (χ1n) is 7.32. The Morgan fingerprint density at radius 1 is 1.24 bits per heavy atom. The number of methoxy groups -OCH3 is 2. The number of benzene rings is 1. The molecular formula is C16H23NO4. The summed E-state index contributed by atoms with van der Waals surface area (Å²) in [4.78, 5) is 11.8. The van der Waals surface area contributed by atoms with Crippen molar-refractivity contribution in [2.45, 2.75) is 44.8 Å². The lowest BCUT2D eigenvalue weighted by Crippen LogP contribution is -2.26. The number of amides is 1. The summed E-state index contributed by atoms with van der Waals surface area (Å²) in [5, 5.41) is 2.81. The minimum Gasteiger partial charge on any atom is -0.493 e. The maximum atomic E-state index is 11.8. The highest BCUT2D eigenvalue weighted by molar-refractivity contribution is 5.94. The largest absolute Gasteiger partial charge is 0.493 e. The standard InChI is InChI=1S/C16H23NO4/c1-11(19-2)16(18)17-12-8-9-14(20-3)15(10-12)21-13-6-4-5-7-13/h8-11,13H,4-7H2,1-3H3,(H,17,18)/t11-/m1/s1. The first-order chi connectivity index (χ1) is 10.1. The van der Waals surface area contributed by atoms with Gasteiger partial charge in [0.1, 0.15) is 6.10 Å². The van der Waals surface area contributed by atoms with Crippen LogP contribution in [0, 0.1) is 0 Å². The van der Waals surface area contributed by atoms with Crippen LogP contribution in [0.25, 0.3) is 0 Å². The predicted molar refractivity (Wildman–Crippen MR) is 81.0 cm³/mol. The van der Waals surface area contributed by atoms with Gasteiger partial charge in [-0.15, -0.1) is 0 Å². The van der Waals surface area contributed by atoms with Crippen LogP contribution in [-0.2, 0) is 9.53 Å². The van der Waals surface area contributed by atoms with Crippen LogP contribution in [0.5, 0.6) is 11.5 Å². The minimum atomic E-state index is -0.494. The molecule has 0 aromatic heterocycles. The fourth-order valence-electron chi connectivity index (χ4n) is 2.38. The third-order valence-electron chi connectivity index (χ3n) is 3.75. The maximum Gasteiger partial charge on any atom is 0.253 e. The number of hydrogen-bond donors (Lipinski definition) is 1. The molecule has 5 nitrogen and oxygen atoms in total. The van der Waals surface area contributed by atoms with Crippen molar-refractivity contribution < 1.29 is 19.0 Å². The third-order valence-corrected chi connectivity index (χ3v) is 3.75. The highest BCUT2D eigenvalue weighted by Gasteiger charge is 2.19. The lowest BCUT2D eigenvalue weighted by atomic mass is 10.2. The molecule has 5 heteroatoms. The molecule has 0 bridgehead atoms. The molecule has 0 radical (unpaired) electrons.